The first-order valence-electron chi connectivity index (χ1n) is 6.50. The van der Waals surface area contributed by atoms with Crippen molar-refractivity contribution in [2.45, 2.75) is 13.5 Å². The van der Waals surface area contributed by atoms with E-state index in [-0.39, 0.29) is 11.6 Å². The molecule has 1 N–H and O–H groups in total. The van der Waals surface area contributed by atoms with Crippen LogP contribution in [0, 0.1) is 6.92 Å². The molecule has 3 aromatic rings. The van der Waals surface area contributed by atoms with Crippen LogP contribution in [0.15, 0.2) is 35.8 Å². The number of halogens is 1. The number of hydrogen-bond donors (Lipinski definition) is 1. The van der Waals surface area contributed by atoms with Gasteiger partial charge < -0.3 is 5.32 Å². The summed E-state index contributed by atoms with van der Waals surface area (Å²) in [5, 5.41) is 13.9. The van der Waals surface area contributed by atoms with Crippen molar-refractivity contribution in [3.05, 3.63) is 57.3 Å². The summed E-state index contributed by atoms with van der Waals surface area (Å²) in [7, 11) is 0. The van der Waals surface area contributed by atoms with Crippen molar-refractivity contribution < 1.29 is 4.79 Å². The van der Waals surface area contributed by atoms with Gasteiger partial charge in [-0.25, -0.2) is 9.67 Å². The predicted octanol–water partition coefficient (Wildman–Crippen LogP) is 2.62. The van der Waals surface area contributed by atoms with Crippen LogP contribution in [-0.2, 0) is 6.54 Å². The summed E-state index contributed by atoms with van der Waals surface area (Å²) in [5.74, 6) is -0.300. The third-order valence-electron chi connectivity index (χ3n) is 2.89. The number of nitrogens with zero attached hydrogens (tertiary/aromatic N) is 4. The van der Waals surface area contributed by atoms with Gasteiger partial charge >= 0.3 is 0 Å². The number of rotatable bonds is 4. The minimum Gasteiger partial charge on any atom is -0.344 e. The van der Waals surface area contributed by atoms with E-state index in [0.717, 1.165) is 10.7 Å². The highest BCUT2D eigenvalue weighted by Crippen LogP contribution is 2.18. The zero-order valence-corrected chi connectivity index (χ0v) is 13.2. The molecule has 0 fully saturated rings. The summed E-state index contributed by atoms with van der Waals surface area (Å²) in [6, 6.07) is 7.22. The van der Waals surface area contributed by atoms with E-state index in [1.54, 1.807) is 18.3 Å². The van der Waals surface area contributed by atoms with Crippen LogP contribution in [0.2, 0.25) is 5.02 Å². The van der Waals surface area contributed by atoms with Crippen LogP contribution in [0.4, 0.5) is 0 Å². The number of para-hydroxylation sites is 1. The van der Waals surface area contributed by atoms with Crippen LogP contribution in [0.25, 0.3) is 5.69 Å². The molecular weight excluding hydrogens is 322 g/mol. The van der Waals surface area contributed by atoms with Crippen molar-refractivity contribution in [1.82, 2.24) is 25.3 Å². The fraction of sp³-hybridized carbons (Fsp3) is 0.143. The molecule has 0 bridgehead atoms. The van der Waals surface area contributed by atoms with E-state index in [2.05, 4.69) is 20.6 Å². The molecule has 22 heavy (non-hydrogen) atoms. The summed E-state index contributed by atoms with van der Waals surface area (Å²) in [6.45, 7) is 2.29. The van der Waals surface area contributed by atoms with Gasteiger partial charge in [0.25, 0.3) is 5.91 Å². The number of benzene rings is 1. The van der Waals surface area contributed by atoms with E-state index in [1.165, 1.54) is 16.0 Å². The highest BCUT2D eigenvalue weighted by atomic mass is 35.5. The van der Waals surface area contributed by atoms with Crippen molar-refractivity contribution in [2.24, 2.45) is 0 Å². The first-order chi connectivity index (χ1) is 10.6. The number of hydrogen-bond acceptors (Lipinski definition) is 5. The fourth-order valence-electron chi connectivity index (χ4n) is 1.85. The summed E-state index contributed by atoms with van der Waals surface area (Å²) >= 11 is 7.60. The maximum atomic E-state index is 12.1. The van der Waals surface area contributed by atoms with Gasteiger partial charge in [0, 0.05) is 11.1 Å². The van der Waals surface area contributed by atoms with E-state index in [4.69, 9.17) is 11.6 Å². The number of carbonyl (C=O) groups is 1. The Hall–Kier alpha value is -2.25. The molecule has 2 heterocycles. The Morgan fingerprint density at radius 2 is 2.23 bits per heavy atom. The first kappa shape index (κ1) is 14.7. The fourth-order valence-corrected chi connectivity index (χ4v) is 2.79. The molecule has 0 saturated carbocycles. The second-order valence-electron chi connectivity index (χ2n) is 4.57. The van der Waals surface area contributed by atoms with Crippen LogP contribution in [0.5, 0.6) is 0 Å². The lowest BCUT2D eigenvalue weighted by Crippen LogP contribution is -2.23. The lowest BCUT2D eigenvalue weighted by Gasteiger charge is -2.01. The molecule has 6 nitrogen and oxygen atoms in total. The van der Waals surface area contributed by atoms with Crippen molar-refractivity contribution in [3.63, 3.8) is 0 Å². The molecule has 0 spiro atoms. The van der Waals surface area contributed by atoms with Gasteiger partial charge in [-0.3, -0.25) is 4.79 Å². The van der Waals surface area contributed by atoms with Gasteiger partial charge in [-0.15, -0.1) is 16.4 Å². The Labute approximate surface area is 135 Å². The second kappa shape index (κ2) is 6.25. The number of thiazole rings is 1. The molecule has 0 radical (unpaired) electrons. The molecule has 112 valence electrons. The van der Waals surface area contributed by atoms with Crippen molar-refractivity contribution in [2.75, 3.05) is 0 Å². The van der Waals surface area contributed by atoms with E-state index in [0.29, 0.717) is 17.3 Å². The van der Waals surface area contributed by atoms with Crippen molar-refractivity contribution >= 4 is 28.8 Å². The molecule has 2 aromatic heterocycles. The highest BCUT2D eigenvalue weighted by Gasteiger charge is 2.13. The van der Waals surface area contributed by atoms with Gasteiger partial charge in [0.2, 0.25) is 0 Å². The molecule has 1 aromatic carbocycles. The summed E-state index contributed by atoms with van der Waals surface area (Å²) in [6.07, 6.45) is 1.55. The minimum absolute atomic E-state index is 0.230. The van der Waals surface area contributed by atoms with E-state index >= 15 is 0 Å². The van der Waals surface area contributed by atoms with Crippen LogP contribution in [-0.4, -0.2) is 25.9 Å². The molecule has 8 heteroatoms. The second-order valence-corrected chi connectivity index (χ2v) is 5.91. The molecule has 0 aliphatic heterocycles. The first-order valence-corrected chi connectivity index (χ1v) is 7.75. The maximum Gasteiger partial charge on any atom is 0.273 e. The number of aromatic nitrogens is 4. The largest absolute Gasteiger partial charge is 0.344 e. The van der Waals surface area contributed by atoms with Gasteiger partial charge in [-0.05, 0) is 19.1 Å². The molecule has 0 aliphatic carbocycles. The van der Waals surface area contributed by atoms with Gasteiger partial charge in [-0.1, -0.05) is 28.9 Å². The van der Waals surface area contributed by atoms with Gasteiger partial charge in [0.05, 0.1) is 23.5 Å². The van der Waals surface area contributed by atoms with E-state index < -0.39 is 0 Å². The number of nitrogens with one attached hydrogen (secondary N) is 1. The number of amides is 1. The van der Waals surface area contributed by atoms with Crippen LogP contribution >= 0.6 is 22.9 Å². The number of aryl methyl sites for hydroxylation is 1. The van der Waals surface area contributed by atoms with E-state index in [9.17, 15) is 4.79 Å². The standard InChI is InChI=1S/C14H12ClN5OS/c1-9-8-22-13(17-9)6-16-14(21)11-7-20(19-18-11)12-5-3-2-4-10(12)15/h2-5,7-8H,6H2,1H3,(H,16,21). The third-order valence-corrected chi connectivity index (χ3v) is 4.18. The van der Waals surface area contributed by atoms with Crippen LogP contribution in [0.1, 0.15) is 21.2 Å². The lowest BCUT2D eigenvalue weighted by atomic mass is 10.3. The molecular formula is C14H12ClN5OS. The van der Waals surface area contributed by atoms with Gasteiger partial charge in [0.1, 0.15) is 5.01 Å². The van der Waals surface area contributed by atoms with Crippen LogP contribution in [0.3, 0.4) is 0 Å². The SMILES string of the molecule is Cc1csc(CNC(=O)c2cn(-c3ccccc3Cl)nn2)n1. The maximum absolute atomic E-state index is 12.1. The van der Waals surface area contributed by atoms with Gasteiger partial charge in [-0.2, -0.15) is 0 Å². The summed E-state index contributed by atoms with van der Waals surface area (Å²) in [4.78, 5) is 16.4. The molecule has 0 unspecified atom stereocenters. The number of carbonyl (C=O) groups excluding carboxylic acids is 1. The normalized spacial score (nSPS) is 10.6. The Bertz CT molecular complexity index is 813. The Kier molecular flexibility index (Phi) is 4.17. The van der Waals surface area contributed by atoms with Crippen molar-refractivity contribution in [1.29, 1.82) is 0 Å². The van der Waals surface area contributed by atoms with Crippen molar-refractivity contribution in [3.8, 4) is 5.69 Å². The summed E-state index contributed by atoms with van der Waals surface area (Å²) < 4.78 is 1.48. The zero-order chi connectivity index (χ0) is 15.5. The predicted molar refractivity (Wildman–Crippen MR) is 84.4 cm³/mol. The molecule has 0 saturated heterocycles. The summed E-state index contributed by atoms with van der Waals surface area (Å²) in [5.41, 5.74) is 1.85. The molecule has 3 rings (SSSR count). The highest BCUT2D eigenvalue weighted by molar-refractivity contribution is 7.09. The Morgan fingerprint density at radius 1 is 1.41 bits per heavy atom. The average molecular weight is 334 g/mol. The average Bonchev–Trinajstić information content (AvgIpc) is 3.14. The van der Waals surface area contributed by atoms with Gasteiger partial charge in [0.15, 0.2) is 5.69 Å². The topological polar surface area (TPSA) is 72.7 Å². The third kappa shape index (κ3) is 3.15. The monoisotopic (exact) mass is 333 g/mol. The smallest absolute Gasteiger partial charge is 0.273 e. The molecule has 0 aliphatic rings. The Morgan fingerprint density at radius 3 is 2.95 bits per heavy atom. The van der Waals surface area contributed by atoms with E-state index in [1.807, 2.05) is 24.4 Å². The molecule has 0 atom stereocenters. The lowest BCUT2D eigenvalue weighted by molar-refractivity contribution is 0.0946. The zero-order valence-electron chi connectivity index (χ0n) is 11.7. The Balaban J connectivity index is 1.70. The molecule has 1 amide bonds. The van der Waals surface area contributed by atoms with Crippen LogP contribution < -0.4 is 5.32 Å². The minimum atomic E-state index is -0.300. The quantitative estimate of drug-likeness (QED) is 0.796.